The SMILES string of the molecule is CCN1C(=O)[C@]2(c3ccccc31)[C@@H](C(=O)Nc1cccc(SC)c1)C[C@H]1CSCN12. The Morgan fingerprint density at radius 2 is 2.10 bits per heavy atom. The fourth-order valence-electron chi connectivity index (χ4n) is 5.33. The summed E-state index contributed by atoms with van der Waals surface area (Å²) in [7, 11) is 0. The summed E-state index contributed by atoms with van der Waals surface area (Å²) in [5, 5.41) is 3.13. The topological polar surface area (TPSA) is 52.7 Å². The van der Waals surface area contributed by atoms with Crippen LogP contribution in [0.4, 0.5) is 11.4 Å². The van der Waals surface area contributed by atoms with Crippen molar-refractivity contribution in [3.8, 4) is 0 Å². The molecule has 0 unspecified atom stereocenters. The highest BCUT2D eigenvalue weighted by atomic mass is 32.2. The van der Waals surface area contributed by atoms with Gasteiger partial charge in [-0.2, -0.15) is 0 Å². The van der Waals surface area contributed by atoms with Crippen molar-refractivity contribution in [1.82, 2.24) is 4.90 Å². The standard InChI is InChI=1S/C23H25N3O2S2/c1-3-25-20-10-5-4-9-18(20)23(22(25)28)19(12-16-13-30-14-26(16)23)21(27)24-15-7-6-8-17(11-15)29-2/h4-11,16,19H,3,12-14H2,1-2H3,(H,24,27)/t16-,19+,23-/m0/s1. The summed E-state index contributed by atoms with van der Waals surface area (Å²) in [6, 6.07) is 16.2. The normalized spacial score (nSPS) is 27.5. The number of likely N-dealkylation sites (N-methyl/N-ethyl adjacent to an activating group) is 1. The van der Waals surface area contributed by atoms with Gasteiger partial charge in [-0.15, -0.1) is 23.5 Å². The lowest BCUT2D eigenvalue weighted by Crippen LogP contribution is -2.55. The maximum Gasteiger partial charge on any atom is 0.253 e. The van der Waals surface area contributed by atoms with Crippen LogP contribution in [0.25, 0.3) is 0 Å². The first-order chi connectivity index (χ1) is 14.6. The van der Waals surface area contributed by atoms with Crippen molar-refractivity contribution in [3.63, 3.8) is 0 Å². The largest absolute Gasteiger partial charge is 0.326 e. The molecule has 5 nitrogen and oxygen atoms in total. The molecule has 1 N–H and O–H groups in total. The van der Waals surface area contributed by atoms with Crippen LogP contribution in [0, 0.1) is 5.92 Å². The Kier molecular flexibility index (Phi) is 5.08. The second-order valence-electron chi connectivity index (χ2n) is 7.97. The van der Waals surface area contributed by atoms with Gasteiger partial charge in [0.05, 0.1) is 5.92 Å². The number of thioether (sulfide) groups is 2. The predicted octanol–water partition coefficient (Wildman–Crippen LogP) is 4.00. The Morgan fingerprint density at radius 1 is 1.27 bits per heavy atom. The van der Waals surface area contributed by atoms with Crippen LogP contribution < -0.4 is 10.2 Å². The van der Waals surface area contributed by atoms with Gasteiger partial charge < -0.3 is 10.2 Å². The fraction of sp³-hybridized carbons (Fsp3) is 0.391. The predicted molar refractivity (Wildman–Crippen MR) is 124 cm³/mol. The van der Waals surface area contributed by atoms with Gasteiger partial charge in [0.2, 0.25) is 5.91 Å². The van der Waals surface area contributed by atoms with Crippen LogP contribution in [0.2, 0.25) is 0 Å². The number of anilines is 2. The average Bonchev–Trinajstić information content (AvgIpc) is 3.41. The van der Waals surface area contributed by atoms with Crippen LogP contribution >= 0.6 is 23.5 Å². The van der Waals surface area contributed by atoms with E-state index in [0.717, 1.165) is 33.5 Å². The number of carbonyl (C=O) groups is 2. The van der Waals surface area contributed by atoms with E-state index in [4.69, 9.17) is 0 Å². The molecule has 2 aromatic carbocycles. The molecule has 2 saturated heterocycles. The van der Waals surface area contributed by atoms with Crippen molar-refractivity contribution in [1.29, 1.82) is 0 Å². The number of benzene rings is 2. The van der Waals surface area contributed by atoms with Crippen LogP contribution in [-0.4, -0.2) is 47.2 Å². The lowest BCUT2D eigenvalue weighted by molar-refractivity contribution is -0.136. The Morgan fingerprint density at radius 3 is 2.90 bits per heavy atom. The molecule has 2 fully saturated rings. The zero-order chi connectivity index (χ0) is 20.9. The van der Waals surface area contributed by atoms with Crippen LogP contribution in [0.15, 0.2) is 53.4 Å². The molecule has 5 rings (SSSR count). The van der Waals surface area contributed by atoms with Gasteiger partial charge in [-0.1, -0.05) is 24.3 Å². The van der Waals surface area contributed by atoms with Crippen LogP contribution in [-0.2, 0) is 15.1 Å². The summed E-state index contributed by atoms with van der Waals surface area (Å²) in [5.74, 6) is 1.33. The monoisotopic (exact) mass is 439 g/mol. The van der Waals surface area contributed by atoms with E-state index < -0.39 is 11.5 Å². The van der Waals surface area contributed by atoms with Crippen molar-refractivity contribution in [3.05, 3.63) is 54.1 Å². The van der Waals surface area contributed by atoms with Crippen molar-refractivity contribution in [2.75, 3.05) is 34.6 Å². The summed E-state index contributed by atoms with van der Waals surface area (Å²) >= 11 is 3.50. The van der Waals surface area contributed by atoms with Gasteiger partial charge in [-0.3, -0.25) is 14.5 Å². The summed E-state index contributed by atoms with van der Waals surface area (Å²) in [4.78, 5) is 32.8. The second-order valence-corrected chi connectivity index (χ2v) is 9.85. The minimum Gasteiger partial charge on any atom is -0.326 e. The molecule has 0 radical (unpaired) electrons. The van der Waals surface area contributed by atoms with E-state index >= 15 is 0 Å². The molecule has 0 aliphatic carbocycles. The maximum absolute atomic E-state index is 13.9. The third-order valence-corrected chi connectivity index (χ3v) is 8.40. The number of amides is 2. The van der Waals surface area contributed by atoms with Crippen molar-refractivity contribution >= 4 is 46.7 Å². The molecule has 2 aromatic rings. The summed E-state index contributed by atoms with van der Waals surface area (Å²) in [5.41, 5.74) is 1.82. The smallest absolute Gasteiger partial charge is 0.253 e. The third-order valence-electron chi connectivity index (χ3n) is 6.59. The molecule has 0 aromatic heterocycles. The highest BCUT2D eigenvalue weighted by Gasteiger charge is 2.67. The van der Waals surface area contributed by atoms with E-state index in [-0.39, 0.29) is 17.9 Å². The number of para-hydroxylation sites is 1. The van der Waals surface area contributed by atoms with E-state index in [2.05, 4.69) is 10.2 Å². The molecule has 3 atom stereocenters. The van der Waals surface area contributed by atoms with Crippen LogP contribution in [0.3, 0.4) is 0 Å². The number of hydrogen-bond acceptors (Lipinski definition) is 5. The van der Waals surface area contributed by atoms with E-state index in [1.165, 1.54) is 0 Å². The van der Waals surface area contributed by atoms with Crippen molar-refractivity contribution in [2.45, 2.75) is 29.8 Å². The van der Waals surface area contributed by atoms with Crippen molar-refractivity contribution < 1.29 is 9.59 Å². The first-order valence-corrected chi connectivity index (χ1v) is 12.7. The molecule has 0 saturated carbocycles. The number of carbonyl (C=O) groups excluding carboxylic acids is 2. The molecule has 2 amide bonds. The minimum absolute atomic E-state index is 0.0502. The minimum atomic E-state index is -0.901. The van der Waals surface area contributed by atoms with Gasteiger partial charge in [0, 0.05) is 46.0 Å². The lowest BCUT2D eigenvalue weighted by Gasteiger charge is -2.36. The molecule has 0 bridgehead atoms. The summed E-state index contributed by atoms with van der Waals surface area (Å²) < 4.78 is 0. The molecular weight excluding hydrogens is 414 g/mol. The molecule has 3 aliphatic heterocycles. The van der Waals surface area contributed by atoms with Crippen LogP contribution in [0.1, 0.15) is 18.9 Å². The molecule has 30 heavy (non-hydrogen) atoms. The number of nitrogens with one attached hydrogen (secondary N) is 1. The third kappa shape index (κ3) is 2.75. The molecule has 7 heteroatoms. The quantitative estimate of drug-likeness (QED) is 0.730. The summed E-state index contributed by atoms with van der Waals surface area (Å²) in [6.07, 6.45) is 2.73. The van der Waals surface area contributed by atoms with E-state index in [9.17, 15) is 9.59 Å². The Labute approximate surface area is 185 Å². The molecule has 3 aliphatic rings. The number of fused-ring (bicyclic) bond motifs is 4. The number of nitrogens with zero attached hydrogens (tertiary/aromatic N) is 2. The first kappa shape index (κ1) is 20.0. The summed E-state index contributed by atoms with van der Waals surface area (Å²) in [6.45, 7) is 2.61. The fourth-order valence-corrected chi connectivity index (χ4v) is 7.09. The highest BCUT2D eigenvalue weighted by Crippen LogP contribution is 2.57. The second kappa shape index (κ2) is 7.62. The molecule has 3 heterocycles. The Bertz CT molecular complexity index is 1010. The Balaban J connectivity index is 1.58. The van der Waals surface area contributed by atoms with Gasteiger partial charge in [0.15, 0.2) is 0 Å². The number of hydrogen-bond donors (Lipinski definition) is 1. The lowest BCUT2D eigenvalue weighted by atomic mass is 9.79. The van der Waals surface area contributed by atoms with E-state index in [1.54, 1.807) is 11.8 Å². The Hall–Kier alpha value is -1.96. The highest BCUT2D eigenvalue weighted by molar-refractivity contribution is 7.99. The number of rotatable bonds is 4. The maximum atomic E-state index is 13.9. The zero-order valence-electron chi connectivity index (χ0n) is 17.1. The first-order valence-electron chi connectivity index (χ1n) is 10.3. The van der Waals surface area contributed by atoms with E-state index in [0.29, 0.717) is 13.0 Å². The molecule has 156 valence electrons. The van der Waals surface area contributed by atoms with Gasteiger partial charge in [-0.05, 0) is 43.9 Å². The van der Waals surface area contributed by atoms with Gasteiger partial charge in [-0.25, -0.2) is 0 Å². The zero-order valence-corrected chi connectivity index (χ0v) is 18.8. The van der Waals surface area contributed by atoms with Crippen molar-refractivity contribution in [2.24, 2.45) is 5.92 Å². The molecule has 1 spiro atoms. The van der Waals surface area contributed by atoms with E-state index in [1.807, 2.05) is 78.4 Å². The van der Waals surface area contributed by atoms with Crippen LogP contribution in [0.5, 0.6) is 0 Å². The molecular formula is C23H25N3O2S2. The average molecular weight is 440 g/mol. The van der Waals surface area contributed by atoms with Gasteiger partial charge in [0.1, 0.15) is 5.54 Å². The van der Waals surface area contributed by atoms with Gasteiger partial charge >= 0.3 is 0 Å². The van der Waals surface area contributed by atoms with Gasteiger partial charge in [0.25, 0.3) is 5.91 Å².